The number of sulfonamides is 1. The molecule has 4 rings (SSSR count). The van der Waals surface area contributed by atoms with Gasteiger partial charge in [0, 0.05) is 22.9 Å². The number of anilines is 1. The molecule has 2 aromatic heterocycles. The lowest BCUT2D eigenvalue weighted by atomic mass is 10.2. The van der Waals surface area contributed by atoms with Crippen LogP contribution in [-0.2, 0) is 23.0 Å². The van der Waals surface area contributed by atoms with Gasteiger partial charge in [-0.3, -0.25) is 10.1 Å². The van der Waals surface area contributed by atoms with Crippen molar-refractivity contribution >= 4 is 55.3 Å². The predicted molar refractivity (Wildman–Crippen MR) is 107 cm³/mol. The molecule has 0 atom stereocenters. The van der Waals surface area contributed by atoms with E-state index in [9.17, 15) is 13.2 Å². The summed E-state index contributed by atoms with van der Waals surface area (Å²) in [4.78, 5) is 18.2. The molecule has 1 aromatic carbocycles. The number of nitrogens with zero attached hydrogens (tertiary/aromatic N) is 2. The number of thiophene rings is 1. The van der Waals surface area contributed by atoms with Crippen molar-refractivity contribution in [3.05, 3.63) is 62.2 Å². The van der Waals surface area contributed by atoms with Crippen molar-refractivity contribution in [2.45, 2.75) is 17.9 Å². The second-order valence-corrected chi connectivity index (χ2v) is 10.3. The third-order valence-corrected chi connectivity index (χ3v) is 8.04. The molecule has 6 nitrogen and oxygen atoms in total. The van der Waals surface area contributed by atoms with Gasteiger partial charge in [-0.15, -0.1) is 22.7 Å². The Morgan fingerprint density at radius 1 is 1.26 bits per heavy atom. The van der Waals surface area contributed by atoms with E-state index in [1.54, 1.807) is 18.2 Å². The SMILES string of the molecule is O=C(Nc1nc2c(s1)CN(S(=O)(=O)c1cccc(Cl)c1)CC2)c1cccs1. The molecular formula is C17H14ClN3O3S3. The van der Waals surface area contributed by atoms with Crippen LogP contribution >= 0.6 is 34.3 Å². The van der Waals surface area contributed by atoms with Crippen LogP contribution in [0.25, 0.3) is 0 Å². The quantitative estimate of drug-likeness (QED) is 0.669. The van der Waals surface area contributed by atoms with Crippen LogP contribution in [0, 0.1) is 0 Å². The molecule has 1 amide bonds. The fourth-order valence-corrected chi connectivity index (χ4v) is 6.20. The molecule has 0 saturated heterocycles. The average molecular weight is 440 g/mol. The van der Waals surface area contributed by atoms with Gasteiger partial charge in [-0.2, -0.15) is 4.31 Å². The first kappa shape index (κ1) is 18.6. The number of nitrogens with one attached hydrogen (secondary N) is 1. The van der Waals surface area contributed by atoms with Crippen LogP contribution in [0.4, 0.5) is 5.13 Å². The average Bonchev–Trinajstić information content (AvgIpc) is 3.30. The summed E-state index contributed by atoms with van der Waals surface area (Å²) < 4.78 is 27.2. The topological polar surface area (TPSA) is 79.4 Å². The summed E-state index contributed by atoms with van der Waals surface area (Å²) in [7, 11) is -3.63. The predicted octanol–water partition coefficient (Wildman–Crippen LogP) is 3.86. The molecule has 3 heterocycles. The number of thiazole rings is 1. The highest BCUT2D eigenvalue weighted by molar-refractivity contribution is 7.89. The number of carbonyl (C=O) groups is 1. The lowest BCUT2D eigenvalue weighted by Gasteiger charge is -2.25. The van der Waals surface area contributed by atoms with E-state index in [1.807, 2.05) is 11.4 Å². The Morgan fingerprint density at radius 3 is 2.85 bits per heavy atom. The van der Waals surface area contributed by atoms with E-state index < -0.39 is 10.0 Å². The van der Waals surface area contributed by atoms with E-state index in [1.165, 1.54) is 39.1 Å². The fraction of sp³-hybridized carbons (Fsp3) is 0.176. The summed E-state index contributed by atoms with van der Waals surface area (Å²) in [6, 6.07) is 9.80. The van der Waals surface area contributed by atoms with Crippen molar-refractivity contribution in [2.24, 2.45) is 0 Å². The maximum absolute atomic E-state index is 12.9. The molecular weight excluding hydrogens is 426 g/mol. The van der Waals surface area contributed by atoms with Gasteiger partial charge in [0.2, 0.25) is 10.0 Å². The first-order valence-electron chi connectivity index (χ1n) is 8.02. The Labute approximate surface area is 169 Å². The Bertz CT molecular complexity index is 1090. The van der Waals surface area contributed by atoms with Gasteiger partial charge < -0.3 is 0 Å². The maximum Gasteiger partial charge on any atom is 0.267 e. The molecule has 27 heavy (non-hydrogen) atoms. The van der Waals surface area contributed by atoms with E-state index in [2.05, 4.69) is 10.3 Å². The van der Waals surface area contributed by atoms with Crippen molar-refractivity contribution in [3.63, 3.8) is 0 Å². The first-order chi connectivity index (χ1) is 12.9. The van der Waals surface area contributed by atoms with Crippen LogP contribution in [-0.4, -0.2) is 30.2 Å². The van der Waals surface area contributed by atoms with E-state index in [0.717, 1.165) is 10.6 Å². The van der Waals surface area contributed by atoms with Crippen molar-refractivity contribution in [2.75, 3.05) is 11.9 Å². The van der Waals surface area contributed by atoms with E-state index in [-0.39, 0.29) is 17.3 Å². The van der Waals surface area contributed by atoms with Gasteiger partial charge in [0.1, 0.15) is 0 Å². The molecule has 1 N–H and O–H groups in total. The van der Waals surface area contributed by atoms with E-state index in [4.69, 9.17) is 11.6 Å². The molecule has 140 valence electrons. The minimum atomic E-state index is -3.63. The molecule has 1 aliphatic rings. The van der Waals surface area contributed by atoms with Crippen molar-refractivity contribution in [3.8, 4) is 0 Å². The van der Waals surface area contributed by atoms with E-state index >= 15 is 0 Å². The van der Waals surface area contributed by atoms with Gasteiger partial charge in [-0.25, -0.2) is 13.4 Å². The van der Waals surface area contributed by atoms with Crippen LogP contribution in [0.5, 0.6) is 0 Å². The number of amides is 1. The number of fused-ring (bicyclic) bond motifs is 1. The largest absolute Gasteiger partial charge is 0.297 e. The summed E-state index contributed by atoms with van der Waals surface area (Å²) in [6.45, 7) is 0.570. The smallest absolute Gasteiger partial charge is 0.267 e. The highest BCUT2D eigenvalue weighted by Crippen LogP contribution is 2.31. The number of hydrogen-bond acceptors (Lipinski definition) is 6. The number of carbonyl (C=O) groups excluding carboxylic acids is 1. The lowest BCUT2D eigenvalue weighted by molar-refractivity contribution is 0.103. The number of hydrogen-bond donors (Lipinski definition) is 1. The third-order valence-electron chi connectivity index (χ3n) is 4.10. The molecule has 3 aromatic rings. The zero-order valence-corrected chi connectivity index (χ0v) is 17.1. The van der Waals surface area contributed by atoms with Gasteiger partial charge in [-0.1, -0.05) is 23.7 Å². The minimum absolute atomic E-state index is 0.175. The monoisotopic (exact) mass is 439 g/mol. The summed E-state index contributed by atoms with van der Waals surface area (Å²) in [6.07, 6.45) is 0.500. The molecule has 0 aliphatic carbocycles. The fourth-order valence-electron chi connectivity index (χ4n) is 2.77. The van der Waals surface area contributed by atoms with E-state index in [0.29, 0.717) is 28.0 Å². The molecule has 0 unspecified atom stereocenters. The Kier molecular flexibility index (Phi) is 5.04. The van der Waals surface area contributed by atoms with Gasteiger partial charge in [0.15, 0.2) is 5.13 Å². The second kappa shape index (κ2) is 7.33. The minimum Gasteiger partial charge on any atom is -0.297 e. The van der Waals surface area contributed by atoms with Crippen LogP contribution < -0.4 is 5.32 Å². The van der Waals surface area contributed by atoms with Crippen molar-refractivity contribution < 1.29 is 13.2 Å². The van der Waals surface area contributed by atoms with Crippen LogP contribution in [0.3, 0.4) is 0 Å². The number of rotatable bonds is 4. The summed E-state index contributed by atoms with van der Waals surface area (Å²) >= 11 is 8.60. The van der Waals surface area contributed by atoms with Crippen molar-refractivity contribution in [1.29, 1.82) is 0 Å². The van der Waals surface area contributed by atoms with Gasteiger partial charge in [-0.05, 0) is 29.6 Å². The first-order valence-corrected chi connectivity index (χ1v) is 11.5. The summed E-state index contributed by atoms with van der Waals surface area (Å²) in [5, 5.41) is 5.49. The Balaban J connectivity index is 1.53. The molecule has 0 radical (unpaired) electrons. The third kappa shape index (κ3) is 3.78. The standard InChI is InChI=1S/C17H14ClN3O3S3/c18-11-3-1-4-12(9-11)27(23,24)21-7-6-13-15(10-21)26-17(19-13)20-16(22)14-5-2-8-25-14/h1-5,8-9H,6-7,10H2,(H,19,20,22). The van der Waals surface area contributed by atoms with Crippen LogP contribution in [0.15, 0.2) is 46.7 Å². The molecule has 0 spiro atoms. The number of benzene rings is 1. The normalized spacial score (nSPS) is 14.7. The number of aromatic nitrogens is 1. The van der Waals surface area contributed by atoms with Crippen LogP contribution in [0.1, 0.15) is 20.2 Å². The van der Waals surface area contributed by atoms with Gasteiger partial charge >= 0.3 is 0 Å². The Hall–Kier alpha value is -1.78. The second-order valence-electron chi connectivity index (χ2n) is 5.87. The zero-order chi connectivity index (χ0) is 19.0. The molecule has 0 fully saturated rings. The molecule has 0 saturated carbocycles. The number of halogens is 1. The Morgan fingerprint density at radius 2 is 2.11 bits per heavy atom. The van der Waals surface area contributed by atoms with Gasteiger partial charge in [0.25, 0.3) is 5.91 Å². The molecule has 0 bridgehead atoms. The molecule has 10 heteroatoms. The molecule has 1 aliphatic heterocycles. The highest BCUT2D eigenvalue weighted by Gasteiger charge is 2.30. The lowest BCUT2D eigenvalue weighted by Crippen LogP contribution is -2.35. The summed E-state index contributed by atoms with van der Waals surface area (Å²) in [5.41, 5.74) is 0.832. The highest BCUT2D eigenvalue weighted by atomic mass is 35.5. The zero-order valence-electron chi connectivity index (χ0n) is 13.9. The maximum atomic E-state index is 12.9. The van der Waals surface area contributed by atoms with Crippen LogP contribution in [0.2, 0.25) is 5.02 Å². The van der Waals surface area contributed by atoms with Crippen molar-refractivity contribution in [1.82, 2.24) is 9.29 Å². The van der Waals surface area contributed by atoms with Gasteiger partial charge in [0.05, 0.1) is 22.0 Å². The summed E-state index contributed by atoms with van der Waals surface area (Å²) in [5.74, 6) is -0.209.